The van der Waals surface area contributed by atoms with Crippen molar-refractivity contribution in [1.82, 2.24) is 0 Å². The van der Waals surface area contributed by atoms with Crippen molar-refractivity contribution >= 4 is 34.8 Å². The molecule has 3 aliphatic rings. The highest BCUT2D eigenvalue weighted by Crippen LogP contribution is 2.40. The minimum absolute atomic E-state index is 0.00705. The van der Waals surface area contributed by atoms with Crippen LogP contribution in [0.15, 0.2) is 18.2 Å². The van der Waals surface area contributed by atoms with Gasteiger partial charge in [0.05, 0.1) is 0 Å². The largest absolute Gasteiger partial charge is 0.326 e. The second-order valence-corrected chi connectivity index (χ2v) is 14.4. The van der Waals surface area contributed by atoms with Crippen LogP contribution in [0.2, 0.25) is 0 Å². The van der Waals surface area contributed by atoms with Crippen LogP contribution in [0, 0.1) is 40.9 Å². The van der Waals surface area contributed by atoms with Crippen molar-refractivity contribution in [3.8, 4) is 0 Å². The third-order valence-corrected chi connectivity index (χ3v) is 10.6. The molecule has 1 aromatic carbocycles. The fourth-order valence-electron chi connectivity index (χ4n) is 7.46. The molecule has 3 amide bonds. The smallest absolute Gasteiger partial charge is 0.227 e. The van der Waals surface area contributed by atoms with Crippen molar-refractivity contribution in [2.45, 2.75) is 125 Å². The van der Waals surface area contributed by atoms with Gasteiger partial charge in [-0.2, -0.15) is 0 Å². The van der Waals surface area contributed by atoms with Crippen molar-refractivity contribution in [1.29, 1.82) is 0 Å². The third-order valence-electron chi connectivity index (χ3n) is 10.6. The maximum Gasteiger partial charge on any atom is 0.227 e. The first-order valence-corrected chi connectivity index (χ1v) is 16.6. The Balaban J connectivity index is 1.45. The van der Waals surface area contributed by atoms with E-state index in [1.54, 1.807) is 0 Å². The molecule has 3 aliphatic carbocycles. The first kappa shape index (κ1) is 31.6. The molecule has 0 atom stereocenters. The minimum Gasteiger partial charge on any atom is -0.326 e. The molecular formula is C35H55N3O3. The summed E-state index contributed by atoms with van der Waals surface area (Å²) in [5.41, 5.74) is 2.16. The second-order valence-electron chi connectivity index (χ2n) is 14.4. The van der Waals surface area contributed by atoms with E-state index < -0.39 is 0 Å². The zero-order valence-corrected chi connectivity index (χ0v) is 26.3. The molecule has 0 spiro atoms. The summed E-state index contributed by atoms with van der Waals surface area (Å²) in [6.45, 7) is 11.3. The Morgan fingerprint density at radius 1 is 0.561 bits per heavy atom. The molecule has 4 rings (SSSR count). The number of amides is 3. The number of benzene rings is 1. The minimum atomic E-state index is -0.00705. The lowest BCUT2D eigenvalue weighted by molar-refractivity contribution is -0.122. The predicted octanol–water partition coefficient (Wildman–Crippen LogP) is 8.79. The number of hydrogen-bond donors (Lipinski definition) is 3. The molecule has 0 radical (unpaired) electrons. The van der Waals surface area contributed by atoms with Gasteiger partial charge in [-0.25, -0.2) is 0 Å². The Labute approximate surface area is 248 Å². The normalized spacial score (nSPS) is 28.9. The number of anilines is 3. The van der Waals surface area contributed by atoms with Gasteiger partial charge in [-0.15, -0.1) is 0 Å². The van der Waals surface area contributed by atoms with E-state index in [4.69, 9.17) is 0 Å². The van der Waals surface area contributed by atoms with Gasteiger partial charge < -0.3 is 16.0 Å². The van der Waals surface area contributed by atoms with Crippen LogP contribution in [-0.4, -0.2) is 17.7 Å². The highest BCUT2D eigenvalue weighted by Gasteiger charge is 2.33. The summed E-state index contributed by atoms with van der Waals surface area (Å²) in [4.78, 5) is 39.7. The first-order valence-electron chi connectivity index (χ1n) is 16.6. The monoisotopic (exact) mass is 565 g/mol. The average molecular weight is 566 g/mol. The lowest BCUT2D eigenvalue weighted by atomic mass is 9.69. The van der Waals surface area contributed by atoms with Gasteiger partial charge in [-0.1, -0.05) is 47.5 Å². The van der Waals surface area contributed by atoms with Gasteiger partial charge in [0.2, 0.25) is 17.7 Å². The second kappa shape index (κ2) is 14.2. The summed E-state index contributed by atoms with van der Waals surface area (Å²) in [5.74, 6) is 2.24. The zero-order chi connectivity index (χ0) is 29.6. The standard InChI is InChI=1S/C35H55N3O3/c1-6-23-8-12-25(13-9-23)32(39)36-29-20-30(37-33(40)26-14-10-24(7-2)11-15-26)22-31(21-29)38-34(41)27-16-18-28(19-17-27)35(3,4)5/h20-28H,6-19H2,1-5H3,(H,36,39)(H,37,40)(H,38,41)/t23-,24-,25-,26-,27-,28+. The lowest BCUT2D eigenvalue weighted by Crippen LogP contribution is -2.31. The number of rotatable bonds is 8. The average Bonchev–Trinajstić information content (AvgIpc) is 2.96. The first-order chi connectivity index (χ1) is 19.5. The lowest BCUT2D eigenvalue weighted by Gasteiger charge is -2.36. The van der Waals surface area contributed by atoms with Gasteiger partial charge in [0.15, 0.2) is 0 Å². The number of hydrogen-bond acceptors (Lipinski definition) is 3. The SMILES string of the molecule is CC[C@H]1CC[C@H](C(=O)Nc2cc(NC(=O)[C@H]3CC[C@H](CC)CC3)cc(NC(=O)[C@H]3CC[C@@H](C(C)(C)C)CC3)c2)CC1. The maximum atomic E-state index is 13.3. The fraction of sp³-hybridized carbons (Fsp3) is 0.743. The van der Waals surface area contributed by atoms with Gasteiger partial charge in [-0.05, 0) is 118 Å². The molecule has 3 N–H and O–H groups in total. The molecule has 6 heteroatoms. The van der Waals surface area contributed by atoms with E-state index in [0.717, 1.165) is 88.9 Å². The zero-order valence-electron chi connectivity index (χ0n) is 26.3. The van der Waals surface area contributed by atoms with Crippen molar-refractivity contribution in [3.63, 3.8) is 0 Å². The van der Waals surface area contributed by atoms with E-state index >= 15 is 0 Å². The fourth-order valence-corrected chi connectivity index (χ4v) is 7.46. The third kappa shape index (κ3) is 8.81. The van der Waals surface area contributed by atoms with Gasteiger partial charge in [0.1, 0.15) is 0 Å². The Morgan fingerprint density at radius 2 is 0.854 bits per heavy atom. The quantitative estimate of drug-likeness (QED) is 0.294. The number of carbonyl (C=O) groups is 3. The molecule has 3 saturated carbocycles. The van der Waals surface area contributed by atoms with Crippen LogP contribution < -0.4 is 16.0 Å². The molecule has 0 aliphatic heterocycles. The van der Waals surface area contributed by atoms with E-state index in [1.165, 1.54) is 12.8 Å². The molecule has 0 bridgehead atoms. The molecule has 0 saturated heterocycles. The van der Waals surface area contributed by atoms with Crippen molar-refractivity contribution in [2.24, 2.45) is 40.9 Å². The molecule has 6 nitrogen and oxygen atoms in total. The molecule has 41 heavy (non-hydrogen) atoms. The van der Waals surface area contributed by atoms with Gasteiger partial charge in [0.25, 0.3) is 0 Å². The van der Waals surface area contributed by atoms with E-state index in [1.807, 2.05) is 18.2 Å². The topological polar surface area (TPSA) is 87.3 Å². The number of carbonyl (C=O) groups excluding carboxylic acids is 3. The molecular weight excluding hydrogens is 510 g/mol. The van der Waals surface area contributed by atoms with Crippen molar-refractivity contribution in [2.75, 3.05) is 16.0 Å². The summed E-state index contributed by atoms with van der Waals surface area (Å²) < 4.78 is 0. The van der Waals surface area contributed by atoms with Crippen molar-refractivity contribution < 1.29 is 14.4 Å². The van der Waals surface area contributed by atoms with Crippen LogP contribution in [0.1, 0.15) is 125 Å². The van der Waals surface area contributed by atoms with Gasteiger partial charge in [-0.3, -0.25) is 14.4 Å². The maximum absolute atomic E-state index is 13.3. The van der Waals surface area contributed by atoms with Crippen LogP contribution in [-0.2, 0) is 14.4 Å². The highest BCUT2D eigenvalue weighted by molar-refractivity contribution is 5.99. The van der Waals surface area contributed by atoms with Crippen molar-refractivity contribution in [3.05, 3.63) is 18.2 Å². The summed E-state index contributed by atoms with van der Waals surface area (Å²) in [7, 11) is 0. The Bertz CT molecular complexity index is 981. The van der Waals surface area contributed by atoms with Crippen LogP contribution in [0.4, 0.5) is 17.1 Å². The van der Waals surface area contributed by atoms with Crippen LogP contribution in [0.5, 0.6) is 0 Å². The van der Waals surface area contributed by atoms with Crippen LogP contribution >= 0.6 is 0 Å². The van der Waals surface area contributed by atoms with Gasteiger partial charge >= 0.3 is 0 Å². The summed E-state index contributed by atoms with van der Waals surface area (Å²) in [6.07, 6.45) is 14.4. The Kier molecular flexibility index (Phi) is 10.9. The van der Waals surface area contributed by atoms with E-state index in [0.29, 0.717) is 23.0 Å². The molecule has 1 aromatic rings. The Hall–Kier alpha value is -2.37. The molecule has 0 heterocycles. The summed E-state index contributed by atoms with van der Waals surface area (Å²) >= 11 is 0. The molecule has 228 valence electrons. The van der Waals surface area contributed by atoms with Gasteiger partial charge in [0, 0.05) is 34.8 Å². The van der Waals surface area contributed by atoms with Crippen LogP contribution in [0.25, 0.3) is 0 Å². The van der Waals surface area contributed by atoms with E-state index in [-0.39, 0.29) is 40.9 Å². The van der Waals surface area contributed by atoms with E-state index in [2.05, 4.69) is 50.6 Å². The highest BCUT2D eigenvalue weighted by atomic mass is 16.2. The summed E-state index contributed by atoms with van der Waals surface area (Å²) in [5, 5.41) is 9.39. The molecule has 3 fully saturated rings. The van der Waals surface area contributed by atoms with E-state index in [9.17, 15) is 14.4 Å². The number of nitrogens with one attached hydrogen (secondary N) is 3. The Morgan fingerprint density at radius 3 is 1.12 bits per heavy atom. The predicted molar refractivity (Wildman–Crippen MR) is 169 cm³/mol. The molecule has 0 unspecified atom stereocenters. The molecule has 0 aromatic heterocycles. The van der Waals surface area contributed by atoms with Crippen LogP contribution in [0.3, 0.4) is 0 Å². The summed E-state index contributed by atoms with van der Waals surface area (Å²) in [6, 6.07) is 5.53.